The topological polar surface area (TPSA) is 116 Å². The number of aromatic nitrogens is 2. The zero-order valence-corrected chi connectivity index (χ0v) is 15.9. The molecule has 4 heterocycles. The van der Waals surface area contributed by atoms with Crippen molar-refractivity contribution < 1.29 is 19.1 Å². The van der Waals surface area contributed by atoms with Crippen LogP contribution in [0.5, 0.6) is 5.75 Å². The smallest absolute Gasteiger partial charge is 0.322 e. The number of carbonyl (C=O) groups excluding carboxylic acids is 3. The number of rotatable bonds is 2. The van der Waals surface area contributed by atoms with Gasteiger partial charge in [-0.05, 0) is 29.8 Å². The molecule has 5 rings (SSSR count). The molecule has 1 fully saturated rings. The van der Waals surface area contributed by atoms with E-state index in [1.807, 2.05) is 18.2 Å². The molecule has 1 saturated heterocycles. The van der Waals surface area contributed by atoms with E-state index >= 15 is 0 Å². The summed E-state index contributed by atoms with van der Waals surface area (Å²) in [5.41, 5.74) is 3.39. The summed E-state index contributed by atoms with van der Waals surface area (Å²) in [5.74, 6) is 0.473. The van der Waals surface area contributed by atoms with E-state index in [4.69, 9.17) is 4.74 Å². The first kappa shape index (κ1) is 18.5. The van der Waals surface area contributed by atoms with Crippen LogP contribution < -0.4 is 15.4 Å². The Kier molecular flexibility index (Phi) is 4.63. The van der Waals surface area contributed by atoms with Crippen LogP contribution in [0.3, 0.4) is 0 Å². The van der Waals surface area contributed by atoms with Gasteiger partial charge >= 0.3 is 6.03 Å². The van der Waals surface area contributed by atoms with Crippen molar-refractivity contribution in [2.24, 2.45) is 0 Å². The molecule has 0 spiro atoms. The van der Waals surface area contributed by atoms with Gasteiger partial charge in [-0.1, -0.05) is 6.07 Å². The maximum atomic E-state index is 11.5. The van der Waals surface area contributed by atoms with Crippen molar-refractivity contribution in [2.75, 3.05) is 14.2 Å². The lowest BCUT2D eigenvalue weighted by Gasteiger charge is -2.04. The number of amides is 4. The third-order valence-corrected chi connectivity index (χ3v) is 4.83. The van der Waals surface area contributed by atoms with Crippen LogP contribution in [0, 0.1) is 0 Å². The number of methoxy groups -OCH3 is 1. The summed E-state index contributed by atoms with van der Waals surface area (Å²) in [5, 5.41) is 5.62. The van der Waals surface area contributed by atoms with Gasteiger partial charge in [-0.2, -0.15) is 0 Å². The highest BCUT2D eigenvalue weighted by Crippen LogP contribution is 2.25. The molecular weight excluding hydrogens is 374 g/mol. The minimum Gasteiger partial charge on any atom is -0.497 e. The average molecular weight is 393 g/mol. The van der Waals surface area contributed by atoms with E-state index in [0.717, 1.165) is 27.8 Å². The number of imide groups is 1. The average Bonchev–Trinajstić information content (AvgIpc) is 3.37. The molecule has 1 unspecified atom stereocenters. The van der Waals surface area contributed by atoms with Crippen LogP contribution in [0.15, 0.2) is 42.7 Å². The van der Waals surface area contributed by atoms with Crippen LogP contribution in [-0.2, 0) is 11.3 Å². The zero-order chi connectivity index (χ0) is 20.5. The van der Waals surface area contributed by atoms with E-state index in [9.17, 15) is 14.4 Å². The number of aromatic amines is 1. The summed E-state index contributed by atoms with van der Waals surface area (Å²) < 4.78 is 5.05. The first-order valence-corrected chi connectivity index (χ1v) is 8.92. The molecular formula is C20H19N5O4. The van der Waals surface area contributed by atoms with Crippen LogP contribution in [0.1, 0.15) is 27.7 Å². The Hall–Kier alpha value is -3.88. The van der Waals surface area contributed by atoms with Gasteiger partial charge in [0.1, 0.15) is 5.75 Å². The maximum absolute atomic E-state index is 11.5. The first-order valence-electron chi connectivity index (χ1n) is 8.92. The van der Waals surface area contributed by atoms with Crippen LogP contribution in [0.4, 0.5) is 4.79 Å². The fourth-order valence-corrected chi connectivity index (χ4v) is 3.34. The molecule has 3 N–H and O–H groups in total. The number of urea groups is 1. The predicted molar refractivity (Wildman–Crippen MR) is 104 cm³/mol. The van der Waals surface area contributed by atoms with Crippen LogP contribution in [0.25, 0.3) is 10.9 Å². The van der Waals surface area contributed by atoms with Gasteiger partial charge in [0.05, 0.1) is 7.11 Å². The number of H-pyrrole nitrogens is 1. The summed E-state index contributed by atoms with van der Waals surface area (Å²) in [6.45, 7) is 0.707. The summed E-state index contributed by atoms with van der Waals surface area (Å²) in [4.78, 5) is 42.7. The normalized spacial score (nSPS) is 17.5. The minimum atomic E-state index is -0.639. The Morgan fingerprint density at radius 3 is 2.69 bits per heavy atom. The molecule has 3 aromatic rings. The second-order valence-electron chi connectivity index (χ2n) is 6.77. The third-order valence-electron chi connectivity index (χ3n) is 4.83. The van der Waals surface area contributed by atoms with Gasteiger partial charge in [0, 0.05) is 48.1 Å². The molecule has 148 valence electrons. The summed E-state index contributed by atoms with van der Waals surface area (Å²) in [6.07, 6.45) is 3.36. The zero-order valence-electron chi connectivity index (χ0n) is 15.9. The third kappa shape index (κ3) is 3.49. The summed E-state index contributed by atoms with van der Waals surface area (Å²) >= 11 is 0. The highest BCUT2D eigenvalue weighted by atomic mass is 16.5. The molecule has 0 saturated carbocycles. The largest absolute Gasteiger partial charge is 0.497 e. The number of ether oxygens (including phenoxy) is 1. The molecule has 0 aliphatic carbocycles. The molecule has 9 heteroatoms. The molecule has 0 bridgehead atoms. The van der Waals surface area contributed by atoms with Crippen molar-refractivity contribution in [3.8, 4) is 5.75 Å². The monoisotopic (exact) mass is 393 g/mol. The van der Waals surface area contributed by atoms with E-state index < -0.39 is 12.1 Å². The molecule has 0 radical (unpaired) electrons. The van der Waals surface area contributed by atoms with Crippen molar-refractivity contribution in [1.82, 2.24) is 25.5 Å². The molecule has 2 aliphatic heterocycles. The van der Waals surface area contributed by atoms with Crippen molar-refractivity contribution in [1.29, 1.82) is 0 Å². The van der Waals surface area contributed by atoms with E-state index in [1.54, 1.807) is 43.6 Å². The van der Waals surface area contributed by atoms with Crippen molar-refractivity contribution in [2.45, 2.75) is 12.6 Å². The minimum absolute atomic E-state index is 0.0777. The Labute approximate surface area is 166 Å². The lowest BCUT2D eigenvalue weighted by atomic mass is 10.1. The van der Waals surface area contributed by atoms with Gasteiger partial charge < -0.3 is 19.9 Å². The Bertz CT molecular complexity index is 1090. The fourth-order valence-electron chi connectivity index (χ4n) is 3.34. The molecule has 4 amide bonds. The molecule has 2 aromatic heterocycles. The van der Waals surface area contributed by atoms with E-state index in [1.165, 1.54) is 0 Å². The van der Waals surface area contributed by atoms with E-state index in [2.05, 4.69) is 20.6 Å². The number of hydrogen-bond donors (Lipinski definition) is 3. The molecule has 1 aromatic carbocycles. The number of pyridine rings is 1. The lowest BCUT2D eigenvalue weighted by molar-refractivity contribution is -0.120. The quantitative estimate of drug-likeness (QED) is 0.573. The molecule has 9 nitrogen and oxygen atoms in total. The van der Waals surface area contributed by atoms with Gasteiger partial charge in [0.2, 0.25) is 0 Å². The van der Waals surface area contributed by atoms with Gasteiger partial charge in [0.25, 0.3) is 11.8 Å². The molecule has 29 heavy (non-hydrogen) atoms. The van der Waals surface area contributed by atoms with Crippen LogP contribution in [0.2, 0.25) is 0 Å². The second-order valence-corrected chi connectivity index (χ2v) is 6.77. The summed E-state index contributed by atoms with van der Waals surface area (Å²) in [7, 11) is 3.40. The lowest BCUT2D eigenvalue weighted by Crippen LogP contribution is -2.22. The van der Waals surface area contributed by atoms with Crippen molar-refractivity contribution >= 4 is 28.7 Å². The van der Waals surface area contributed by atoms with Crippen molar-refractivity contribution in [3.63, 3.8) is 0 Å². The fraction of sp³-hybridized carbons (Fsp3) is 0.200. The van der Waals surface area contributed by atoms with Gasteiger partial charge in [0.15, 0.2) is 6.04 Å². The summed E-state index contributed by atoms with van der Waals surface area (Å²) in [6, 6.07) is 8.12. The number of carbonyl (C=O) groups is 3. The Balaban J connectivity index is 0.000000145. The second kappa shape index (κ2) is 7.27. The van der Waals surface area contributed by atoms with Crippen LogP contribution in [-0.4, -0.2) is 46.9 Å². The number of nitrogens with one attached hydrogen (secondary N) is 3. The number of nitrogens with zero attached hydrogens (tertiary/aromatic N) is 2. The van der Waals surface area contributed by atoms with E-state index in [-0.39, 0.29) is 11.8 Å². The number of fused-ring (bicyclic) bond motifs is 2. The SMILES string of the molecule is COc1ccc2c(c1)C(=O)N(C)C2.O=C1NC(=O)C(c2cc3cnccc3[nH]2)N1. The predicted octanol–water partition coefficient (Wildman–Crippen LogP) is 1.72. The van der Waals surface area contributed by atoms with Gasteiger partial charge in [-0.3, -0.25) is 19.9 Å². The number of hydrogen-bond acceptors (Lipinski definition) is 5. The number of benzene rings is 1. The maximum Gasteiger partial charge on any atom is 0.322 e. The standard InChI is InChI=1S/C10H8N4O2.C10H11NO2/c15-9-8(13-10(16)14-9)7-3-5-4-11-2-1-6(5)12-7;1-11-6-7-3-4-8(13-2)5-9(7)10(11)12/h1-4,8,12H,(H2,13,14,15,16);3-5H,6H2,1-2H3. The molecule has 2 aliphatic rings. The first-order chi connectivity index (χ1) is 14.0. The highest BCUT2D eigenvalue weighted by molar-refractivity contribution is 6.04. The van der Waals surface area contributed by atoms with Gasteiger partial charge in [-0.15, -0.1) is 0 Å². The Morgan fingerprint density at radius 2 is 2.00 bits per heavy atom. The van der Waals surface area contributed by atoms with Crippen LogP contribution >= 0.6 is 0 Å². The Morgan fingerprint density at radius 1 is 1.17 bits per heavy atom. The molecule has 1 atom stereocenters. The van der Waals surface area contributed by atoms with E-state index in [0.29, 0.717) is 12.2 Å². The highest BCUT2D eigenvalue weighted by Gasteiger charge is 2.31. The van der Waals surface area contributed by atoms with Crippen molar-refractivity contribution in [3.05, 3.63) is 59.5 Å². The van der Waals surface area contributed by atoms with Gasteiger partial charge in [-0.25, -0.2) is 4.79 Å².